The number of hydrogen-bond acceptors (Lipinski definition) is 1. The number of carboxylic acid groups (broad SMARTS) is 1. The van der Waals surface area contributed by atoms with Crippen LogP contribution in [0.4, 0.5) is 13.2 Å². The Labute approximate surface area is 92.2 Å². The molecule has 0 atom stereocenters. The maximum Gasteiger partial charge on any atom is 0.423 e. The van der Waals surface area contributed by atoms with Crippen LogP contribution in [0.15, 0.2) is 11.1 Å². The van der Waals surface area contributed by atoms with Gasteiger partial charge in [-0.3, -0.25) is 0 Å². The molecule has 8 heteroatoms. The van der Waals surface area contributed by atoms with Gasteiger partial charge in [0, 0.05) is 0 Å². The lowest BCUT2D eigenvalue weighted by Gasteiger charge is -2.17. The number of aliphatic carboxylic acids is 1. The minimum absolute atomic E-state index is 0.796. The van der Waals surface area contributed by atoms with Gasteiger partial charge in [-0.2, -0.15) is 13.2 Å². The first-order chi connectivity index (χ1) is 5.98. The van der Waals surface area contributed by atoms with Gasteiger partial charge >= 0.3 is 12.1 Å². The third-order valence-corrected chi connectivity index (χ3v) is 2.15. The Morgan fingerprint density at radius 1 is 1.21 bits per heavy atom. The molecule has 0 aromatic carbocycles. The molecule has 0 aliphatic heterocycles. The van der Waals surface area contributed by atoms with Crippen LogP contribution < -0.4 is 0 Å². The van der Waals surface area contributed by atoms with E-state index in [9.17, 15) is 18.0 Å². The van der Waals surface area contributed by atoms with Crippen molar-refractivity contribution in [3.05, 3.63) is 11.1 Å². The molecule has 0 spiro atoms. The molecule has 0 aliphatic rings. The topological polar surface area (TPSA) is 37.3 Å². The molecule has 0 amide bonds. The molecule has 2 nitrogen and oxygen atoms in total. The normalized spacial score (nSPS) is 15.1. The number of alkyl halides is 6. The second-order valence-electron chi connectivity index (χ2n) is 2.30. The van der Waals surface area contributed by atoms with Gasteiger partial charge in [0.2, 0.25) is 3.79 Å². The average molecular weight is 271 g/mol. The Balaban J connectivity index is 5.53. The lowest BCUT2D eigenvalue weighted by molar-refractivity contribution is -0.145. The van der Waals surface area contributed by atoms with E-state index in [2.05, 4.69) is 0 Å². The van der Waals surface area contributed by atoms with Gasteiger partial charge in [0.1, 0.15) is 5.57 Å². The van der Waals surface area contributed by atoms with Crippen LogP contribution in [0.3, 0.4) is 0 Å². The van der Waals surface area contributed by atoms with Gasteiger partial charge in [0.05, 0.1) is 0 Å². The Hall–Kier alpha value is -0.130. The Bertz CT molecular complexity index is 277. The summed E-state index contributed by atoms with van der Waals surface area (Å²) in [6.07, 6.45) is -5.06. The highest BCUT2D eigenvalue weighted by molar-refractivity contribution is 6.69. The van der Waals surface area contributed by atoms with Crippen molar-refractivity contribution < 1.29 is 23.1 Å². The monoisotopic (exact) mass is 270 g/mol. The molecular formula is C6H4Cl3F3O2. The minimum atomic E-state index is -5.06. The predicted octanol–water partition coefficient (Wildman–Crippen LogP) is 3.32. The molecule has 14 heavy (non-hydrogen) atoms. The number of carbonyl (C=O) groups is 1. The summed E-state index contributed by atoms with van der Waals surface area (Å²) < 4.78 is 34.0. The molecule has 0 aliphatic carbocycles. The van der Waals surface area contributed by atoms with Gasteiger partial charge in [-0.05, 0) is 12.5 Å². The fourth-order valence-electron chi connectivity index (χ4n) is 0.636. The first kappa shape index (κ1) is 13.9. The smallest absolute Gasteiger partial charge is 0.423 e. The number of hydrogen-bond donors (Lipinski definition) is 1. The first-order valence-corrected chi connectivity index (χ1v) is 4.20. The fraction of sp³-hybridized carbons (Fsp3) is 0.500. The fourth-order valence-corrected chi connectivity index (χ4v) is 0.919. The van der Waals surface area contributed by atoms with E-state index in [4.69, 9.17) is 39.9 Å². The second-order valence-corrected chi connectivity index (χ2v) is 4.58. The maximum atomic E-state index is 12.1. The highest BCUT2D eigenvalue weighted by atomic mass is 35.6. The van der Waals surface area contributed by atoms with Gasteiger partial charge in [-0.25, -0.2) is 4.79 Å². The highest BCUT2D eigenvalue weighted by Crippen LogP contribution is 2.40. The number of halogens is 6. The number of carboxylic acids is 1. The summed E-state index contributed by atoms with van der Waals surface area (Å²) >= 11 is 15.4. The zero-order valence-electron chi connectivity index (χ0n) is 6.62. The zero-order valence-corrected chi connectivity index (χ0v) is 8.89. The van der Waals surface area contributed by atoms with Gasteiger partial charge in [0.15, 0.2) is 0 Å². The van der Waals surface area contributed by atoms with Gasteiger partial charge in [-0.1, -0.05) is 34.8 Å². The van der Waals surface area contributed by atoms with E-state index in [0.717, 1.165) is 6.92 Å². The second kappa shape index (κ2) is 4.16. The molecule has 0 aromatic heterocycles. The molecular weight excluding hydrogens is 267 g/mol. The molecule has 0 rings (SSSR count). The summed E-state index contributed by atoms with van der Waals surface area (Å²) in [6, 6.07) is 0. The molecule has 0 saturated carbocycles. The van der Waals surface area contributed by atoms with Crippen LogP contribution >= 0.6 is 34.8 Å². The van der Waals surface area contributed by atoms with E-state index in [1.807, 2.05) is 0 Å². The van der Waals surface area contributed by atoms with Crippen LogP contribution in [0.2, 0.25) is 0 Å². The molecule has 0 fully saturated rings. The summed E-state index contributed by atoms with van der Waals surface area (Å²) in [6.45, 7) is 0.796. The van der Waals surface area contributed by atoms with Crippen molar-refractivity contribution in [2.75, 3.05) is 0 Å². The van der Waals surface area contributed by atoms with Crippen LogP contribution in [-0.2, 0) is 4.79 Å². The van der Waals surface area contributed by atoms with E-state index < -0.39 is 27.1 Å². The molecule has 82 valence electrons. The highest BCUT2D eigenvalue weighted by Gasteiger charge is 2.44. The molecule has 0 aromatic rings. The van der Waals surface area contributed by atoms with E-state index in [1.54, 1.807) is 0 Å². The SMILES string of the molecule is CC(=C(C(=O)O)C(F)(F)F)C(Cl)(Cl)Cl. The van der Waals surface area contributed by atoms with Crippen LogP contribution in [-0.4, -0.2) is 21.0 Å². The third-order valence-electron chi connectivity index (χ3n) is 1.30. The molecule has 1 N–H and O–H groups in total. The quantitative estimate of drug-likeness (QED) is 0.587. The molecule has 0 saturated heterocycles. The zero-order chi connectivity index (χ0) is 11.7. The van der Waals surface area contributed by atoms with Crippen LogP contribution in [0.1, 0.15) is 6.92 Å². The van der Waals surface area contributed by atoms with E-state index in [1.165, 1.54) is 0 Å². The summed E-state index contributed by atoms with van der Waals surface area (Å²) in [5.74, 6) is -2.18. The lowest BCUT2D eigenvalue weighted by Crippen LogP contribution is -2.25. The lowest BCUT2D eigenvalue weighted by atomic mass is 10.1. The van der Waals surface area contributed by atoms with Crippen molar-refractivity contribution in [2.24, 2.45) is 0 Å². The standard InChI is InChI=1S/C6H4Cl3F3O2/c1-2(5(7,8)9)3(4(13)14)6(10,11)12/h1H3,(H,13,14). The van der Waals surface area contributed by atoms with E-state index in [-0.39, 0.29) is 0 Å². The van der Waals surface area contributed by atoms with Crippen molar-refractivity contribution in [3.8, 4) is 0 Å². The van der Waals surface area contributed by atoms with Crippen molar-refractivity contribution in [1.29, 1.82) is 0 Å². The average Bonchev–Trinajstić information content (AvgIpc) is 1.79. The van der Waals surface area contributed by atoms with Gasteiger partial charge < -0.3 is 5.11 Å². The van der Waals surface area contributed by atoms with Crippen molar-refractivity contribution in [2.45, 2.75) is 16.9 Å². The van der Waals surface area contributed by atoms with E-state index >= 15 is 0 Å². The van der Waals surface area contributed by atoms with Gasteiger partial charge in [-0.15, -0.1) is 0 Å². The first-order valence-electron chi connectivity index (χ1n) is 3.06. The van der Waals surface area contributed by atoms with Gasteiger partial charge in [0.25, 0.3) is 0 Å². The Morgan fingerprint density at radius 2 is 1.57 bits per heavy atom. The summed E-state index contributed by atoms with van der Waals surface area (Å²) in [5, 5.41) is 8.29. The largest absolute Gasteiger partial charge is 0.478 e. The van der Waals surface area contributed by atoms with Crippen molar-refractivity contribution in [3.63, 3.8) is 0 Å². The van der Waals surface area contributed by atoms with Crippen LogP contribution in [0.25, 0.3) is 0 Å². The Morgan fingerprint density at radius 3 is 1.64 bits per heavy atom. The summed E-state index contributed by atoms with van der Waals surface area (Å²) in [4.78, 5) is 10.3. The molecule has 0 unspecified atom stereocenters. The maximum absolute atomic E-state index is 12.1. The number of rotatable bonds is 1. The van der Waals surface area contributed by atoms with Crippen molar-refractivity contribution >= 4 is 40.8 Å². The molecule has 0 heterocycles. The molecule has 0 bridgehead atoms. The predicted molar refractivity (Wildman–Crippen MR) is 46.7 cm³/mol. The summed E-state index contributed by atoms with van der Waals surface area (Å²) in [5.41, 5.74) is -2.74. The van der Waals surface area contributed by atoms with Crippen molar-refractivity contribution in [1.82, 2.24) is 0 Å². The molecule has 0 radical (unpaired) electrons. The minimum Gasteiger partial charge on any atom is -0.478 e. The van der Waals surface area contributed by atoms with E-state index in [0.29, 0.717) is 0 Å². The van der Waals surface area contributed by atoms with Crippen LogP contribution in [0.5, 0.6) is 0 Å². The van der Waals surface area contributed by atoms with Crippen LogP contribution in [0, 0.1) is 0 Å². The number of allylic oxidation sites excluding steroid dienone is 1. The Kier molecular flexibility index (Phi) is 4.12. The summed E-state index contributed by atoms with van der Waals surface area (Å²) in [7, 11) is 0. The third kappa shape index (κ3) is 3.55.